The van der Waals surface area contributed by atoms with Gasteiger partial charge in [0.1, 0.15) is 0 Å². The summed E-state index contributed by atoms with van der Waals surface area (Å²) in [7, 11) is 0. The average molecular weight is 428 g/mol. The topological polar surface area (TPSA) is 69.5 Å². The minimum atomic E-state index is 0.494. The second-order valence-electron chi connectivity index (χ2n) is 7.98. The highest BCUT2D eigenvalue weighted by Gasteiger charge is 2.19. The number of nitrogens with one attached hydrogen (secondary N) is 1. The summed E-state index contributed by atoms with van der Waals surface area (Å²) in [6, 6.07) is 7.54. The van der Waals surface area contributed by atoms with Crippen LogP contribution in [-0.2, 0) is 0 Å². The fourth-order valence-corrected chi connectivity index (χ4v) is 4.07. The van der Waals surface area contributed by atoms with Gasteiger partial charge in [-0.25, -0.2) is 5.43 Å². The minimum absolute atomic E-state index is 0.494. The van der Waals surface area contributed by atoms with Crippen LogP contribution in [0.15, 0.2) is 29.4 Å². The summed E-state index contributed by atoms with van der Waals surface area (Å²) in [5.74, 6) is 2.01. The fraction of sp³-hybridized carbons (Fsp3) is 0.545. The molecule has 2 aliphatic heterocycles. The molecular weight excluding hydrogens is 398 g/mol. The molecule has 2 aromatic rings. The van der Waals surface area contributed by atoms with Crippen molar-refractivity contribution in [1.82, 2.24) is 15.0 Å². The van der Waals surface area contributed by atoms with E-state index in [-0.39, 0.29) is 0 Å². The van der Waals surface area contributed by atoms with E-state index in [0.717, 1.165) is 43.6 Å². The van der Waals surface area contributed by atoms with Crippen LogP contribution in [0.3, 0.4) is 0 Å². The third-order valence-electron chi connectivity index (χ3n) is 5.64. The molecule has 1 aromatic carbocycles. The molecule has 0 amide bonds. The predicted octanol–water partition coefficient (Wildman–Crippen LogP) is 4.73. The van der Waals surface area contributed by atoms with Crippen LogP contribution in [0, 0.1) is 0 Å². The molecule has 3 heterocycles. The average Bonchev–Trinajstić information content (AvgIpc) is 3.21. The van der Waals surface area contributed by atoms with Crippen LogP contribution in [0.5, 0.6) is 0 Å². The zero-order valence-corrected chi connectivity index (χ0v) is 18.2. The van der Waals surface area contributed by atoms with Gasteiger partial charge in [-0.15, -0.1) is 0 Å². The Morgan fingerprint density at radius 1 is 0.733 bits per heavy atom. The van der Waals surface area contributed by atoms with Crippen LogP contribution in [0.4, 0.5) is 17.8 Å². The van der Waals surface area contributed by atoms with E-state index in [2.05, 4.69) is 20.3 Å². The largest absolute Gasteiger partial charge is 0.341 e. The van der Waals surface area contributed by atoms with Crippen LogP contribution in [0.1, 0.15) is 56.9 Å². The first-order valence-electron chi connectivity index (χ1n) is 11.1. The predicted molar refractivity (Wildman–Crippen MR) is 124 cm³/mol. The van der Waals surface area contributed by atoms with Gasteiger partial charge in [0.15, 0.2) is 0 Å². The van der Waals surface area contributed by atoms with E-state index in [9.17, 15) is 0 Å². The Labute approximate surface area is 183 Å². The number of benzene rings is 1. The Morgan fingerprint density at radius 3 is 1.73 bits per heavy atom. The molecule has 30 heavy (non-hydrogen) atoms. The molecular formula is C22H30ClN7. The third kappa shape index (κ3) is 5.81. The lowest BCUT2D eigenvalue weighted by molar-refractivity contribution is 0.726. The SMILES string of the molecule is Clc1ccc(/C=N\Nc2nc(N3CCCCCC3)nc(N3CCCCCC3)n2)cc1. The maximum Gasteiger partial charge on any atom is 0.250 e. The van der Waals surface area contributed by atoms with Crippen molar-refractivity contribution in [2.75, 3.05) is 41.4 Å². The molecule has 0 aliphatic carbocycles. The van der Waals surface area contributed by atoms with Crippen molar-refractivity contribution in [3.05, 3.63) is 34.9 Å². The van der Waals surface area contributed by atoms with Gasteiger partial charge in [-0.2, -0.15) is 20.1 Å². The van der Waals surface area contributed by atoms with Gasteiger partial charge in [0.2, 0.25) is 17.8 Å². The van der Waals surface area contributed by atoms with Crippen LogP contribution in [0.25, 0.3) is 0 Å². The van der Waals surface area contributed by atoms with Crippen molar-refractivity contribution in [3.63, 3.8) is 0 Å². The van der Waals surface area contributed by atoms with Gasteiger partial charge in [0, 0.05) is 31.2 Å². The molecule has 160 valence electrons. The monoisotopic (exact) mass is 427 g/mol. The van der Waals surface area contributed by atoms with Crippen LogP contribution >= 0.6 is 11.6 Å². The Bertz CT molecular complexity index is 786. The summed E-state index contributed by atoms with van der Waals surface area (Å²) in [6.45, 7) is 3.99. The van der Waals surface area contributed by atoms with E-state index < -0.39 is 0 Å². The molecule has 0 spiro atoms. The van der Waals surface area contributed by atoms with E-state index in [4.69, 9.17) is 26.6 Å². The lowest BCUT2D eigenvalue weighted by atomic mass is 10.2. The zero-order valence-electron chi connectivity index (χ0n) is 17.4. The smallest absolute Gasteiger partial charge is 0.250 e. The molecule has 8 heteroatoms. The number of aromatic nitrogens is 3. The molecule has 2 aliphatic rings. The number of rotatable bonds is 5. The summed E-state index contributed by atoms with van der Waals surface area (Å²) in [6.07, 6.45) is 11.6. The first-order valence-corrected chi connectivity index (χ1v) is 11.5. The van der Waals surface area contributed by atoms with E-state index in [1.165, 1.54) is 51.4 Å². The summed E-state index contributed by atoms with van der Waals surface area (Å²) in [4.78, 5) is 18.8. The number of nitrogens with zero attached hydrogens (tertiary/aromatic N) is 6. The van der Waals surface area contributed by atoms with Crippen LogP contribution in [0.2, 0.25) is 5.02 Å². The first-order chi connectivity index (χ1) is 14.8. The lowest BCUT2D eigenvalue weighted by Crippen LogP contribution is -2.30. The van der Waals surface area contributed by atoms with Crippen molar-refractivity contribution in [1.29, 1.82) is 0 Å². The van der Waals surface area contributed by atoms with Gasteiger partial charge in [-0.3, -0.25) is 0 Å². The maximum absolute atomic E-state index is 5.95. The Hall–Kier alpha value is -2.41. The number of hydrazone groups is 1. The van der Waals surface area contributed by atoms with E-state index in [1.54, 1.807) is 6.21 Å². The van der Waals surface area contributed by atoms with Gasteiger partial charge in [-0.05, 0) is 43.4 Å². The second-order valence-corrected chi connectivity index (χ2v) is 8.42. The minimum Gasteiger partial charge on any atom is -0.341 e. The molecule has 0 bridgehead atoms. The Kier molecular flexibility index (Phi) is 7.34. The highest BCUT2D eigenvalue weighted by atomic mass is 35.5. The summed E-state index contributed by atoms with van der Waals surface area (Å²) in [5.41, 5.74) is 3.98. The summed E-state index contributed by atoms with van der Waals surface area (Å²) < 4.78 is 0. The number of halogens is 1. The van der Waals surface area contributed by atoms with E-state index >= 15 is 0 Å². The van der Waals surface area contributed by atoms with Crippen molar-refractivity contribution >= 4 is 35.7 Å². The van der Waals surface area contributed by atoms with Crippen molar-refractivity contribution < 1.29 is 0 Å². The Balaban J connectivity index is 1.56. The molecule has 2 saturated heterocycles. The van der Waals surface area contributed by atoms with Crippen LogP contribution in [-0.4, -0.2) is 47.3 Å². The van der Waals surface area contributed by atoms with Gasteiger partial charge >= 0.3 is 0 Å². The molecule has 0 saturated carbocycles. The van der Waals surface area contributed by atoms with Gasteiger partial charge < -0.3 is 9.80 Å². The number of hydrogen-bond donors (Lipinski definition) is 1. The molecule has 4 rings (SSSR count). The standard InChI is InChI=1S/C22H30ClN7/c23-19-11-9-18(10-12-19)17-24-28-20-25-21(29-13-5-1-2-6-14-29)27-22(26-20)30-15-7-3-4-8-16-30/h9-12,17H,1-8,13-16H2,(H,25,26,27,28)/b24-17-. The molecule has 0 unspecified atom stereocenters. The quantitative estimate of drug-likeness (QED) is 0.549. The third-order valence-corrected chi connectivity index (χ3v) is 5.89. The highest BCUT2D eigenvalue weighted by Crippen LogP contribution is 2.22. The van der Waals surface area contributed by atoms with E-state index in [1.807, 2.05) is 24.3 Å². The Morgan fingerprint density at radius 2 is 1.23 bits per heavy atom. The normalized spacial score (nSPS) is 18.3. The van der Waals surface area contributed by atoms with Crippen molar-refractivity contribution in [2.45, 2.75) is 51.4 Å². The fourth-order valence-electron chi connectivity index (χ4n) is 3.94. The number of hydrogen-bond acceptors (Lipinski definition) is 7. The molecule has 2 fully saturated rings. The van der Waals surface area contributed by atoms with Crippen molar-refractivity contribution in [2.24, 2.45) is 5.10 Å². The van der Waals surface area contributed by atoms with Gasteiger partial charge in [-0.1, -0.05) is 49.4 Å². The second kappa shape index (κ2) is 10.6. The zero-order chi connectivity index (χ0) is 20.6. The number of anilines is 3. The molecule has 0 atom stereocenters. The van der Waals surface area contributed by atoms with Gasteiger partial charge in [0.25, 0.3) is 0 Å². The summed E-state index contributed by atoms with van der Waals surface area (Å²) in [5, 5.41) is 5.05. The first kappa shape index (κ1) is 20.8. The lowest BCUT2D eigenvalue weighted by Gasteiger charge is -2.24. The summed E-state index contributed by atoms with van der Waals surface area (Å²) >= 11 is 5.95. The van der Waals surface area contributed by atoms with Gasteiger partial charge in [0.05, 0.1) is 6.21 Å². The van der Waals surface area contributed by atoms with E-state index in [0.29, 0.717) is 11.0 Å². The maximum atomic E-state index is 5.95. The molecule has 1 aromatic heterocycles. The molecule has 1 N–H and O–H groups in total. The van der Waals surface area contributed by atoms with Crippen molar-refractivity contribution in [3.8, 4) is 0 Å². The molecule has 0 radical (unpaired) electrons. The van der Waals surface area contributed by atoms with Crippen LogP contribution < -0.4 is 15.2 Å². The molecule has 7 nitrogen and oxygen atoms in total. The highest BCUT2D eigenvalue weighted by molar-refractivity contribution is 6.30.